The van der Waals surface area contributed by atoms with Gasteiger partial charge >= 0.3 is 0 Å². The van der Waals surface area contributed by atoms with Crippen molar-refractivity contribution >= 4 is 5.91 Å². The largest absolute Gasteiger partial charge is 0.360 e. The number of carbonyl (C=O) groups is 1. The molecule has 5 rings (SSSR count). The van der Waals surface area contributed by atoms with Gasteiger partial charge in [0.2, 0.25) is 5.89 Å². The Bertz CT molecular complexity index is 723. The maximum Gasteiger partial charge on any atom is 0.276 e. The van der Waals surface area contributed by atoms with Gasteiger partial charge in [-0.25, -0.2) is 0 Å². The quantitative estimate of drug-likeness (QED) is 0.859. The second kappa shape index (κ2) is 4.41. The molecule has 1 saturated heterocycles. The van der Waals surface area contributed by atoms with Crippen LogP contribution in [0.3, 0.4) is 0 Å². The van der Waals surface area contributed by atoms with Crippen LogP contribution < -0.4 is 0 Å². The van der Waals surface area contributed by atoms with Gasteiger partial charge in [0.25, 0.3) is 5.91 Å². The van der Waals surface area contributed by atoms with E-state index in [0.717, 1.165) is 37.3 Å². The van der Waals surface area contributed by atoms with Crippen molar-refractivity contribution in [2.75, 3.05) is 13.1 Å². The van der Waals surface area contributed by atoms with Crippen LogP contribution in [0.15, 0.2) is 15.1 Å². The molecule has 0 aromatic carbocycles. The van der Waals surface area contributed by atoms with Crippen LogP contribution in [-0.4, -0.2) is 39.2 Å². The summed E-state index contributed by atoms with van der Waals surface area (Å²) in [6.45, 7) is 1.22. The van der Waals surface area contributed by atoms with Crippen LogP contribution in [0, 0.1) is 0 Å². The molecule has 0 radical (unpaired) electrons. The summed E-state index contributed by atoms with van der Waals surface area (Å²) >= 11 is 0. The average molecular weight is 300 g/mol. The summed E-state index contributed by atoms with van der Waals surface area (Å²) in [5.74, 6) is 3.36. The molecule has 0 N–H and O–H groups in total. The lowest BCUT2D eigenvalue weighted by Gasteiger charge is -2.36. The topological polar surface area (TPSA) is 85.3 Å². The molecule has 0 unspecified atom stereocenters. The van der Waals surface area contributed by atoms with E-state index in [2.05, 4.69) is 15.3 Å². The van der Waals surface area contributed by atoms with Gasteiger partial charge in [-0.05, 0) is 25.7 Å². The molecule has 0 atom stereocenters. The van der Waals surface area contributed by atoms with Crippen molar-refractivity contribution in [3.63, 3.8) is 0 Å². The van der Waals surface area contributed by atoms with E-state index in [9.17, 15) is 4.79 Å². The van der Waals surface area contributed by atoms with Gasteiger partial charge in [-0.1, -0.05) is 10.3 Å². The molecule has 2 saturated carbocycles. The van der Waals surface area contributed by atoms with Crippen molar-refractivity contribution in [3.8, 4) is 0 Å². The first-order valence-electron chi connectivity index (χ1n) is 7.87. The molecule has 2 aromatic heterocycles. The molecule has 1 amide bonds. The van der Waals surface area contributed by atoms with E-state index in [0.29, 0.717) is 36.5 Å². The minimum Gasteiger partial charge on any atom is -0.360 e. The third kappa shape index (κ3) is 2.03. The first kappa shape index (κ1) is 12.4. The van der Waals surface area contributed by atoms with Crippen LogP contribution in [0.5, 0.6) is 0 Å². The van der Waals surface area contributed by atoms with Crippen LogP contribution in [0.2, 0.25) is 0 Å². The minimum atomic E-state index is -0.0752. The van der Waals surface area contributed by atoms with E-state index in [1.165, 1.54) is 0 Å². The summed E-state index contributed by atoms with van der Waals surface area (Å²) < 4.78 is 10.6. The number of amides is 1. The molecule has 7 nitrogen and oxygen atoms in total. The van der Waals surface area contributed by atoms with Gasteiger partial charge in [0.1, 0.15) is 5.76 Å². The number of carbonyl (C=O) groups excluding carboxylic acids is 1. The second-order valence-electron chi connectivity index (χ2n) is 6.56. The third-order valence-electron chi connectivity index (χ3n) is 4.65. The van der Waals surface area contributed by atoms with Crippen LogP contribution in [0.25, 0.3) is 0 Å². The van der Waals surface area contributed by atoms with E-state index in [1.807, 2.05) is 0 Å². The summed E-state index contributed by atoms with van der Waals surface area (Å²) in [4.78, 5) is 18.5. The maximum atomic E-state index is 12.3. The lowest BCUT2D eigenvalue weighted by Crippen LogP contribution is -2.48. The summed E-state index contributed by atoms with van der Waals surface area (Å²) in [5.41, 5.74) is 0.407. The fourth-order valence-electron chi connectivity index (χ4n) is 2.83. The lowest BCUT2D eigenvalue weighted by molar-refractivity contribution is 0.0558. The summed E-state index contributed by atoms with van der Waals surface area (Å²) in [6.07, 6.45) is 4.58. The second-order valence-corrected chi connectivity index (χ2v) is 6.56. The summed E-state index contributed by atoms with van der Waals surface area (Å²) in [7, 11) is 0. The number of hydrogen-bond acceptors (Lipinski definition) is 6. The van der Waals surface area contributed by atoms with E-state index in [1.54, 1.807) is 11.0 Å². The molecule has 1 aliphatic heterocycles. The van der Waals surface area contributed by atoms with Crippen LogP contribution in [0.4, 0.5) is 0 Å². The number of aromatic nitrogens is 3. The third-order valence-corrected chi connectivity index (χ3v) is 4.65. The molecule has 3 fully saturated rings. The highest BCUT2D eigenvalue weighted by Gasteiger charge is 2.39. The number of rotatable bonds is 4. The monoisotopic (exact) mass is 300 g/mol. The van der Waals surface area contributed by atoms with Gasteiger partial charge in [0.05, 0.1) is 5.92 Å². The highest BCUT2D eigenvalue weighted by atomic mass is 16.5. The van der Waals surface area contributed by atoms with Gasteiger partial charge in [-0.15, -0.1) is 0 Å². The number of likely N-dealkylation sites (tertiary alicyclic amines) is 1. The highest BCUT2D eigenvalue weighted by molar-refractivity contribution is 5.93. The summed E-state index contributed by atoms with van der Waals surface area (Å²) in [5, 5.41) is 7.92. The molecule has 2 aromatic rings. The van der Waals surface area contributed by atoms with Crippen molar-refractivity contribution in [2.45, 2.75) is 43.4 Å². The number of nitrogens with zero attached hydrogens (tertiary/aromatic N) is 4. The lowest BCUT2D eigenvalue weighted by atomic mass is 9.99. The van der Waals surface area contributed by atoms with Crippen molar-refractivity contribution in [1.29, 1.82) is 0 Å². The smallest absolute Gasteiger partial charge is 0.276 e. The Labute approximate surface area is 126 Å². The Kier molecular flexibility index (Phi) is 2.48. The van der Waals surface area contributed by atoms with Crippen molar-refractivity contribution < 1.29 is 13.8 Å². The minimum absolute atomic E-state index is 0.0752. The Morgan fingerprint density at radius 1 is 1.05 bits per heavy atom. The Morgan fingerprint density at radius 2 is 1.82 bits per heavy atom. The molecule has 22 heavy (non-hydrogen) atoms. The molecule has 0 spiro atoms. The fourth-order valence-corrected chi connectivity index (χ4v) is 2.83. The Balaban J connectivity index is 1.23. The van der Waals surface area contributed by atoms with Crippen LogP contribution in [0.1, 0.15) is 71.4 Å². The normalized spacial score (nSPS) is 21.9. The van der Waals surface area contributed by atoms with Gasteiger partial charge in [0, 0.05) is 31.0 Å². The predicted octanol–water partition coefficient (Wildman–Crippen LogP) is 2.05. The molecule has 3 heterocycles. The summed E-state index contributed by atoms with van der Waals surface area (Å²) in [6, 6.07) is 1.78. The maximum absolute atomic E-state index is 12.3. The van der Waals surface area contributed by atoms with E-state index in [-0.39, 0.29) is 11.8 Å². The molecule has 114 valence electrons. The molecule has 3 aliphatic rings. The first-order valence-corrected chi connectivity index (χ1v) is 7.87. The van der Waals surface area contributed by atoms with E-state index >= 15 is 0 Å². The zero-order chi connectivity index (χ0) is 14.7. The van der Waals surface area contributed by atoms with Crippen molar-refractivity contribution in [2.24, 2.45) is 0 Å². The molecular formula is C15H16N4O3. The zero-order valence-corrected chi connectivity index (χ0v) is 12.1. The molecule has 7 heteroatoms. The van der Waals surface area contributed by atoms with Crippen LogP contribution >= 0.6 is 0 Å². The highest BCUT2D eigenvalue weighted by Crippen LogP contribution is 2.41. The molecular weight excluding hydrogens is 284 g/mol. The van der Waals surface area contributed by atoms with Crippen LogP contribution in [-0.2, 0) is 0 Å². The van der Waals surface area contributed by atoms with Crippen molar-refractivity contribution in [3.05, 3.63) is 29.2 Å². The van der Waals surface area contributed by atoms with E-state index in [4.69, 9.17) is 9.05 Å². The van der Waals surface area contributed by atoms with Gasteiger partial charge in [-0.3, -0.25) is 4.79 Å². The van der Waals surface area contributed by atoms with Crippen molar-refractivity contribution in [1.82, 2.24) is 20.2 Å². The Hall–Kier alpha value is -2.18. The van der Waals surface area contributed by atoms with Gasteiger partial charge in [0.15, 0.2) is 11.5 Å². The molecule has 0 bridgehead atoms. The Morgan fingerprint density at radius 3 is 2.55 bits per heavy atom. The standard InChI is InChI=1S/C15H16N4O3/c20-15(11-5-12(21-17-11)8-1-2-8)19-6-10(7-19)14-16-13(18-22-14)9-3-4-9/h5,8-10H,1-4,6-7H2. The fraction of sp³-hybridized carbons (Fsp3) is 0.600. The van der Waals surface area contributed by atoms with E-state index < -0.39 is 0 Å². The zero-order valence-electron chi connectivity index (χ0n) is 12.1. The number of hydrogen-bond donors (Lipinski definition) is 0. The van der Waals surface area contributed by atoms with Gasteiger partial charge in [-0.2, -0.15) is 4.98 Å². The van der Waals surface area contributed by atoms with Gasteiger partial charge < -0.3 is 13.9 Å². The SMILES string of the molecule is O=C(c1cc(C2CC2)on1)N1CC(c2nc(C3CC3)no2)C1. The first-order chi connectivity index (χ1) is 10.8. The predicted molar refractivity (Wildman–Crippen MR) is 73.4 cm³/mol. The average Bonchev–Trinajstić information content (AvgIpc) is 3.41. The molecule has 2 aliphatic carbocycles.